The van der Waals surface area contributed by atoms with Gasteiger partial charge in [-0.1, -0.05) is 0 Å². The predicted octanol–water partition coefficient (Wildman–Crippen LogP) is 1.34. The Labute approximate surface area is 86.9 Å². The van der Waals surface area contributed by atoms with Crippen LogP contribution < -0.4 is 10.2 Å². The number of fused-ring (bicyclic) bond motifs is 1. The summed E-state index contributed by atoms with van der Waals surface area (Å²) in [5.74, 6) is 0.392. The Bertz CT molecular complexity index is 357. The SMILES string of the molecule is CONCc1cc2c(cc1F)COCO2. The molecule has 1 aliphatic heterocycles. The molecule has 0 spiro atoms. The molecule has 82 valence electrons. The molecule has 4 nitrogen and oxygen atoms in total. The van der Waals surface area contributed by atoms with Crippen molar-refractivity contribution in [1.82, 2.24) is 5.48 Å². The highest BCUT2D eigenvalue weighted by Crippen LogP contribution is 2.26. The molecule has 0 aliphatic carbocycles. The molecular formula is C10H12FNO3. The van der Waals surface area contributed by atoms with E-state index >= 15 is 0 Å². The number of hydroxylamine groups is 1. The van der Waals surface area contributed by atoms with Crippen molar-refractivity contribution < 1.29 is 18.7 Å². The van der Waals surface area contributed by atoms with Crippen molar-refractivity contribution >= 4 is 0 Å². The van der Waals surface area contributed by atoms with E-state index in [1.54, 1.807) is 6.07 Å². The lowest BCUT2D eigenvalue weighted by Gasteiger charge is -2.18. The van der Waals surface area contributed by atoms with Crippen LogP contribution in [0.2, 0.25) is 0 Å². The van der Waals surface area contributed by atoms with Gasteiger partial charge in [0.15, 0.2) is 6.79 Å². The molecule has 2 rings (SSSR count). The third-order valence-corrected chi connectivity index (χ3v) is 2.19. The Kier molecular flexibility index (Phi) is 3.15. The highest BCUT2D eigenvalue weighted by atomic mass is 19.1. The van der Waals surface area contributed by atoms with E-state index in [1.807, 2.05) is 0 Å². The minimum Gasteiger partial charge on any atom is -0.467 e. The van der Waals surface area contributed by atoms with Gasteiger partial charge in [-0.3, -0.25) is 0 Å². The Morgan fingerprint density at radius 1 is 1.53 bits per heavy atom. The first kappa shape index (κ1) is 10.4. The van der Waals surface area contributed by atoms with E-state index in [4.69, 9.17) is 9.47 Å². The monoisotopic (exact) mass is 213 g/mol. The van der Waals surface area contributed by atoms with Crippen LogP contribution in [0.3, 0.4) is 0 Å². The normalized spacial score (nSPS) is 14.5. The van der Waals surface area contributed by atoms with Crippen molar-refractivity contribution in [3.05, 3.63) is 29.1 Å². The zero-order chi connectivity index (χ0) is 10.7. The first-order valence-corrected chi connectivity index (χ1v) is 4.59. The molecule has 0 saturated heterocycles. The minimum atomic E-state index is -0.285. The van der Waals surface area contributed by atoms with E-state index in [0.717, 1.165) is 5.56 Å². The van der Waals surface area contributed by atoms with Crippen LogP contribution in [-0.2, 0) is 22.7 Å². The first-order valence-electron chi connectivity index (χ1n) is 4.59. The van der Waals surface area contributed by atoms with Gasteiger partial charge in [-0.25, -0.2) is 4.39 Å². The van der Waals surface area contributed by atoms with E-state index in [-0.39, 0.29) is 12.6 Å². The smallest absolute Gasteiger partial charge is 0.189 e. The number of nitrogens with one attached hydrogen (secondary N) is 1. The van der Waals surface area contributed by atoms with E-state index in [2.05, 4.69) is 10.3 Å². The number of halogens is 1. The van der Waals surface area contributed by atoms with E-state index in [1.165, 1.54) is 13.2 Å². The van der Waals surface area contributed by atoms with Gasteiger partial charge in [0.2, 0.25) is 0 Å². The van der Waals surface area contributed by atoms with Gasteiger partial charge < -0.3 is 14.3 Å². The maximum atomic E-state index is 13.5. The van der Waals surface area contributed by atoms with Crippen LogP contribution in [0.4, 0.5) is 4.39 Å². The summed E-state index contributed by atoms with van der Waals surface area (Å²) in [5.41, 5.74) is 3.83. The van der Waals surface area contributed by atoms with E-state index in [0.29, 0.717) is 24.5 Å². The van der Waals surface area contributed by atoms with Crippen LogP contribution >= 0.6 is 0 Å². The molecule has 1 N–H and O–H groups in total. The Balaban J connectivity index is 2.24. The Morgan fingerprint density at radius 2 is 2.40 bits per heavy atom. The third kappa shape index (κ3) is 2.26. The van der Waals surface area contributed by atoms with Crippen LogP contribution in [0.1, 0.15) is 11.1 Å². The maximum absolute atomic E-state index is 13.5. The topological polar surface area (TPSA) is 39.7 Å². The molecule has 0 unspecified atom stereocenters. The zero-order valence-electron chi connectivity index (χ0n) is 8.38. The van der Waals surface area contributed by atoms with Gasteiger partial charge >= 0.3 is 0 Å². The highest BCUT2D eigenvalue weighted by molar-refractivity contribution is 5.38. The quantitative estimate of drug-likeness (QED) is 0.769. The summed E-state index contributed by atoms with van der Waals surface area (Å²) in [6, 6.07) is 3.10. The molecule has 5 heteroatoms. The van der Waals surface area contributed by atoms with Gasteiger partial charge in [0.1, 0.15) is 11.6 Å². The number of ether oxygens (including phenoxy) is 2. The van der Waals surface area contributed by atoms with Crippen LogP contribution in [0, 0.1) is 5.82 Å². The second-order valence-electron chi connectivity index (χ2n) is 3.19. The molecule has 0 aromatic heterocycles. The fourth-order valence-corrected chi connectivity index (χ4v) is 1.43. The van der Waals surface area contributed by atoms with Crippen LogP contribution in [0.5, 0.6) is 5.75 Å². The van der Waals surface area contributed by atoms with Crippen molar-refractivity contribution in [3.63, 3.8) is 0 Å². The van der Waals surface area contributed by atoms with Gasteiger partial charge in [0, 0.05) is 17.7 Å². The average molecular weight is 213 g/mol. The van der Waals surface area contributed by atoms with Crippen molar-refractivity contribution in [3.8, 4) is 5.75 Å². The third-order valence-electron chi connectivity index (χ3n) is 2.19. The maximum Gasteiger partial charge on any atom is 0.189 e. The second-order valence-corrected chi connectivity index (χ2v) is 3.19. The molecule has 0 bridgehead atoms. The number of benzene rings is 1. The van der Waals surface area contributed by atoms with Crippen molar-refractivity contribution in [2.75, 3.05) is 13.9 Å². The number of rotatable bonds is 3. The molecule has 0 saturated carbocycles. The molecule has 0 atom stereocenters. The van der Waals surface area contributed by atoms with Crippen molar-refractivity contribution in [2.24, 2.45) is 0 Å². The number of hydrogen-bond donors (Lipinski definition) is 1. The predicted molar refractivity (Wildman–Crippen MR) is 50.5 cm³/mol. The molecular weight excluding hydrogens is 201 g/mol. The highest BCUT2D eigenvalue weighted by Gasteiger charge is 2.14. The summed E-state index contributed by atoms with van der Waals surface area (Å²) in [7, 11) is 1.49. The lowest BCUT2D eigenvalue weighted by Crippen LogP contribution is -2.15. The fourth-order valence-electron chi connectivity index (χ4n) is 1.43. The molecule has 1 aromatic carbocycles. The average Bonchev–Trinajstić information content (AvgIpc) is 2.26. The van der Waals surface area contributed by atoms with Crippen molar-refractivity contribution in [1.29, 1.82) is 0 Å². The fraction of sp³-hybridized carbons (Fsp3) is 0.400. The summed E-state index contributed by atoms with van der Waals surface area (Å²) in [4.78, 5) is 4.66. The number of hydrogen-bond acceptors (Lipinski definition) is 4. The lowest BCUT2D eigenvalue weighted by molar-refractivity contribution is -0.0167. The summed E-state index contributed by atoms with van der Waals surface area (Å²) < 4.78 is 23.8. The van der Waals surface area contributed by atoms with Crippen LogP contribution in [0.25, 0.3) is 0 Å². The van der Waals surface area contributed by atoms with E-state index < -0.39 is 0 Å². The second kappa shape index (κ2) is 4.57. The van der Waals surface area contributed by atoms with E-state index in [9.17, 15) is 4.39 Å². The Hall–Kier alpha value is -1.17. The van der Waals surface area contributed by atoms with Crippen LogP contribution in [-0.4, -0.2) is 13.9 Å². The summed E-state index contributed by atoms with van der Waals surface area (Å²) in [6.45, 7) is 0.917. The molecule has 0 fully saturated rings. The lowest BCUT2D eigenvalue weighted by atomic mass is 10.1. The van der Waals surface area contributed by atoms with Crippen molar-refractivity contribution in [2.45, 2.75) is 13.2 Å². The largest absolute Gasteiger partial charge is 0.467 e. The molecule has 1 aliphatic rings. The first-order chi connectivity index (χ1) is 7.31. The van der Waals surface area contributed by atoms with Gasteiger partial charge in [0.25, 0.3) is 0 Å². The molecule has 1 aromatic rings. The Morgan fingerprint density at radius 3 is 3.20 bits per heavy atom. The summed E-state index contributed by atoms with van der Waals surface area (Å²) in [6.07, 6.45) is 0. The van der Waals surface area contributed by atoms with Gasteiger partial charge in [0.05, 0.1) is 13.7 Å². The molecule has 0 amide bonds. The summed E-state index contributed by atoms with van der Waals surface area (Å²) in [5, 5.41) is 0. The standard InChI is InChI=1S/C10H12FNO3/c1-13-12-4-7-3-10-8(2-9(7)11)5-14-6-15-10/h2-3,12H,4-6H2,1H3. The van der Waals surface area contributed by atoms with Gasteiger partial charge in [-0.2, -0.15) is 5.48 Å². The zero-order valence-corrected chi connectivity index (χ0v) is 8.38. The molecule has 15 heavy (non-hydrogen) atoms. The van der Waals surface area contributed by atoms with Gasteiger partial charge in [-0.05, 0) is 12.1 Å². The minimum absolute atomic E-state index is 0.218. The molecule has 1 heterocycles. The summed E-state index contributed by atoms with van der Waals surface area (Å²) >= 11 is 0. The van der Waals surface area contributed by atoms with Gasteiger partial charge in [-0.15, -0.1) is 0 Å². The van der Waals surface area contributed by atoms with Crippen LogP contribution in [0.15, 0.2) is 12.1 Å². The molecule has 0 radical (unpaired) electrons.